The number of aryl methyl sites for hydroxylation is 3. The number of anilines is 2. The van der Waals surface area contributed by atoms with E-state index in [-0.39, 0.29) is 10.6 Å². The maximum Gasteiger partial charge on any atom is 0.265 e. The van der Waals surface area contributed by atoms with E-state index in [1.165, 1.54) is 0 Å². The molecule has 0 fully saturated rings. The van der Waals surface area contributed by atoms with E-state index in [1.54, 1.807) is 32.9 Å². The second-order valence-electron chi connectivity index (χ2n) is 4.87. The summed E-state index contributed by atoms with van der Waals surface area (Å²) in [7, 11) is -3.76. The molecule has 0 spiro atoms. The zero-order valence-corrected chi connectivity index (χ0v) is 12.7. The summed E-state index contributed by atoms with van der Waals surface area (Å²) >= 11 is 0. The summed E-state index contributed by atoms with van der Waals surface area (Å²) < 4.78 is 27.5. The van der Waals surface area contributed by atoms with Crippen molar-refractivity contribution in [3.63, 3.8) is 0 Å². The predicted octanol–water partition coefficient (Wildman–Crippen LogP) is 2.03. The highest BCUT2D eigenvalue weighted by atomic mass is 32.2. The summed E-state index contributed by atoms with van der Waals surface area (Å²) in [5, 5.41) is 6.70. The molecule has 7 heteroatoms. The molecule has 1 heterocycles. The van der Waals surface area contributed by atoms with Crippen LogP contribution >= 0.6 is 0 Å². The van der Waals surface area contributed by atoms with Crippen LogP contribution in [0.4, 0.5) is 11.5 Å². The van der Waals surface area contributed by atoms with E-state index in [1.807, 2.05) is 6.92 Å². The van der Waals surface area contributed by atoms with Gasteiger partial charge in [0.15, 0.2) is 5.82 Å². The first-order chi connectivity index (χ1) is 9.24. The Balaban J connectivity index is 2.52. The number of hydrogen-bond acceptors (Lipinski definition) is 4. The summed E-state index contributed by atoms with van der Waals surface area (Å²) in [5.74, 6) is 0.294. The molecule has 4 N–H and O–H groups in total. The van der Waals surface area contributed by atoms with Gasteiger partial charge in [-0.1, -0.05) is 12.1 Å². The highest BCUT2D eigenvalue weighted by molar-refractivity contribution is 7.93. The van der Waals surface area contributed by atoms with Crippen LogP contribution in [-0.2, 0) is 10.0 Å². The molecule has 0 saturated carbocycles. The van der Waals surface area contributed by atoms with Crippen LogP contribution in [0.15, 0.2) is 17.0 Å². The van der Waals surface area contributed by atoms with Gasteiger partial charge in [0.1, 0.15) is 4.90 Å². The molecule has 0 amide bonds. The fraction of sp³-hybridized carbons (Fsp3) is 0.308. The van der Waals surface area contributed by atoms with E-state index in [2.05, 4.69) is 14.9 Å². The van der Waals surface area contributed by atoms with Crippen LogP contribution in [0.3, 0.4) is 0 Å². The number of nitrogens with two attached hydrogens (primary N) is 1. The largest absolute Gasteiger partial charge is 0.397 e. The minimum absolute atomic E-state index is 0.109. The van der Waals surface area contributed by atoms with Gasteiger partial charge in [0, 0.05) is 11.3 Å². The molecule has 0 unspecified atom stereocenters. The Hall–Kier alpha value is -2.02. The van der Waals surface area contributed by atoms with Gasteiger partial charge in [-0.3, -0.25) is 9.82 Å². The molecular weight excluding hydrogens is 276 g/mol. The van der Waals surface area contributed by atoms with Crippen molar-refractivity contribution in [2.24, 2.45) is 0 Å². The standard InChI is InChI=1S/C13H18N4O2S/c1-7-5-6-8(2)12(11(7)14)20(18,19)17-13-9(3)10(4)15-16-13/h5-6H,14H2,1-4H3,(H2,15,16,17). The van der Waals surface area contributed by atoms with Crippen molar-refractivity contribution < 1.29 is 8.42 Å². The van der Waals surface area contributed by atoms with Crippen molar-refractivity contribution in [3.8, 4) is 0 Å². The number of nitrogens with zero attached hydrogens (tertiary/aromatic N) is 1. The maximum absolute atomic E-state index is 12.5. The Morgan fingerprint density at radius 3 is 2.30 bits per heavy atom. The van der Waals surface area contributed by atoms with Crippen LogP contribution in [0.5, 0.6) is 0 Å². The van der Waals surface area contributed by atoms with Crippen LogP contribution in [-0.4, -0.2) is 18.6 Å². The Bertz CT molecular complexity index is 763. The summed E-state index contributed by atoms with van der Waals surface area (Å²) in [4.78, 5) is 0.109. The van der Waals surface area contributed by atoms with E-state index in [0.717, 1.165) is 16.8 Å². The molecule has 0 aliphatic heterocycles. The predicted molar refractivity (Wildman–Crippen MR) is 79.2 cm³/mol. The highest BCUT2D eigenvalue weighted by Gasteiger charge is 2.23. The zero-order chi connectivity index (χ0) is 15.1. The molecule has 0 aliphatic carbocycles. The normalized spacial score (nSPS) is 11.6. The third-order valence-corrected chi connectivity index (χ3v) is 4.91. The number of hydrogen-bond donors (Lipinski definition) is 3. The Labute approximate surface area is 118 Å². The van der Waals surface area contributed by atoms with E-state index >= 15 is 0 Å². The first-order valence-corrected chi connectivity index (χ1v) is 7.62. The molecule has 2 rings (SSSR count). The van der Waals surface area contributed by atoms with E-state index in [9.17, 15) is 8.42 Å². The second kappa shape index (κ2) is 4.82. The second-order valence-corrected chi connectivity index (χ2v) is 6.49. The third kappa shape index (κ3) is 2.36. The molecule has 108 valence electrons. The molecule has 2 aromatic rings. The van der Waals surface area contributed by atoms with Crippen LogP contribution in [0.25, 0.3) is 0 Å². The topological polar surface area (TPSA) is 101 Å². The lowest BCUT2D eigenvalue weighted by Gasteiger charge is -2.13. The Kier molecular flexibility index (Phi) is 3.47. The summed E-state index contributed by atoms with van der Waals surface area (Å²) in [5.41, 5.74) is 9.09. The fourth-order valence-corrected chi connectivity index (χ4v) is 3.42. The average Bonchev–Trinajstić information content (AvgIpc) is 2.65. The van der Waals surface area contributed by atoms with Crippen molar-refractivity contribution in [1.82, 2.24) is 10.2 Å². The number of nitrogens with one attached hydrogen (secondary N) is 2. The number of aromatic nitrogens is 2. The first-order valence-electron chi connectivity index (χ1n) is 6.14. The molecule has 0 saturated heterocycles. The van der Waals surface area contributed by atoms with Gasteiger partial charge in [-0.25, -0.2) is 8.42 Å². The van der Waals surface area contributed by atoms with Gasteiger partial charge in [0.05, 0.1) is 5.69 Å². The highest BCUT2D eigenvalue weighted by Crippen LogP contribution is 2.28. The van der Waals surface area contributed by atoms with Gasteiger partial charge >= 0.3 is 0 Å². The van der Waals surface area contributed by atoms with Crippen molar-refractivity contribution in [1.29, 1.82) is 0 Å². The van der Waals surface area contributed by atoms with E-state index in [0.29, 0.717) is 11.4 Å². The maximum atomic E-state index is 12.5. The number of rotatable bonds is 3. The van der Waals surface area contributed by atoms with Gasteiger partial charge in [-0.15, -0.1) is 0 Å². The lowest BCUT2D eigenvalue weighted by atomic mass is 10.1. The van der Waals surface area contributed by atoms with Gasteiger partial charge in [-0.2, -0.15) is 5.10 Å². The third-order valence-electron chi connectivity index (χ3n) is 3.36. The van der Waals surface area contributed by atoms with Gasteiger partial charge < -0.3 is 5.73 Å². The SMILES string of the molecule is Cc1ccc(C)c(S(=O)(=O)Nc2n[nH]c(C)c2C)c1N. The molecule has 20 heavy (non-hydrogen) atoms. The number of H-pyrrole nitrogens is 1. The van der Waals surface area contributed by atoms with Crippen LogP contribution in [0, 0.1) is 27.7 Å². The van der Waals surface area contributed by atoms with Crippen LogP contribution in [0.2, 0.25) is 0 Å². The Morgan fingerprint density at radius 2 is 1.75 bits per heavy atom. The van der Waals surface area contributed by atoms with E-state index < -0.39 is 10.0 Å². The lowest BCUT2D eigenvalue weighted by Crippen LogP contribution is -2.17. The van der Waals surface area contributed by atoms with Gasteiger partial charge in [0.2, 0.25) is 0 Å². The molecule has 0 atom stereocenters. The summed E-state index contributed by atoms with van der Waals surface area (Å²) in [6.45, 7) is 7.11. The summed E-state index contributed by atoms with van der Waals surface area (Å²) in [6, 6.07) is 3.54. The van der Waals surface area contributed by atoms with Gasteiger partial charge in [0.25, 0.3) is 10.0 Å². The number of nitrogen functional groups attached to an aromatic ring is 1. The van der Waals surface area contributed by atoms with Crippen molar-refractivity contribution >= 4 is 21.5 Å². The number of benzene rings is 1. The van der Waals surface area contributed by atoms with E-state index in [4.69, 9.17) is 5.73 Å². The van der Waals surface area contributed by atoms with Crippen LogP contribution < -0.4 is 10.5 Å². The smallest absolute Gasteiger partial charge is 0.265 e. The first kappa shape index (κ1) is 14.4. The van der Waals surface area contributed by atoms with Crippen molar-refractivity contribution in [2.75, 3.05) is 10.5 Å². The molecule has 0 aliphatic rings. The van der Waals surface area contributed by atoms with Crippen molar-refractivity contribution in [2.45, 2.75) is 32.6 Å². The zero-order valence-electron chi connectivity index (χ0n) is 11.9. The minimum atomic E-state index is -3.76. The average molecular weight is 294 g/mol. The Morgan fingerprint density at radius 1 is 1.15 bits per heavy atom. The van der Waals surface area contributed by atoms with Gasteiger partial charge in [-0.05, 0) is 38.8 Å². The number of sulfonamides is 1. The minimum Gasteiger partial charge on any atom is -0.397 e. The summed E-state index contributed by atoms with van der Waals surface area (Å²) in [6.07, 6.45) is 0. The fourth-order valence-electron chi connectivity index (χ4n) is 1.93. The molecular formula is C13H18N4O2S. The number of aromatic amines is 1. The monoisotopic (exact) mass is 294 g/mol. The molecule has 0 bridgehead atoms. The molecule has 0 radical (unpaired) electrons. The van der Waals surface area contributed by atoms with Crippen molar-refractivity contribution in [3.05, 3.63) is 34.5 Å². The molecule has 1 aromatic heterocycles. The molecule has 6 nitrogen and oxygen atoms in total. The molecule has 1 aromatic carbocycles. The van der Waals surface area contributed by atoms with Crippen LogP contribution in [0.1, 0.15) is 22.4 Å². The quantitative estimate of drug-likeness (QED) is 0.754. The lowest BCUT2D eigenvalue weighted by molar-refractivity contribution is 0.600.